The number of carbonyl (C=O) groups excluding carboxylic acids is 1. The quantitative estimate of drug-likeness (QED) is 0.655. The van der Waals surface area contributed by atoms with Gasteiger partial charge in [0.25, 0.3) is 0 Å². The van der Waals surface area contributed by atoms with E-state index in [9.17, 15) is 9.18 Å². The van der Waals surface area contributed by atoms with E-state index < -0.39 is 0 Å². The Kier molecular flexibility index (Phi) is 6.63. The van der Waals surface area contributed by atoms with Crippen LogP contribution in [0.2, 0.25) is 0 Å². The monoisotopic (exact) mass is 250 g/mol. The van der Waals surface area contributed by atoms with Crippen LogP contribution in [0.3, 0.4) is 0 Å². The average molecular weight is 250 g/mol. The lowest BCUT2D eigenvalue weighted by Crippen LogP contribution is -2.10. The van der Waals surface area contributed by atoms with Crippen molar-refractivity contribution in [3.8, 4) is 0 Å². The van der Waals surface area contributed by atoms with Gasteiger partial charge in [0.15, 0.2) is 0 Å². The Labute approximate surface area is 109 Å². The largest absolute Gasteiger partial charge is 0.300 e. The predicted molar refractivity (Wildman–Crippen MR) is 74.0 cm³/mol. The van der Waals surface area contributed by atoms with Crippen molar-refractivity contribution in [2.75, 3.05) is 0 Å². The first-order valence-corrected chi connectivity index (χ1v) is 6.92. The maximum Gasteiger partial charge on any atom is 0.133 e. The third-order valence-electron chi connectivity index (χ3n) is 3.30. The lowest BCUT2D eigenvalue weighted by Gasteiger charge is -2.17. The zero-order valence-electron chi connectivity index (χ0n) is 11.4. The summed E-state index contributed by atoms with van der Waals surface area (Å²) < 4.78 is 13.3. The van der Waals surface area contributed by atoms with Gasteiger partial charge in [0.2, 0.25) is 0 Å². The molecule has 2 heteroatoms. The van der Waals surface area contributed by atoms with Gasteiger partial charge in [-0.25, -0.2) is 4.39 Å². The summed E-state index contributed by atoms with van der Waals surface area (Å²) in [6, 6.07) is 0. The van der Waals surface area contributed by atoms with Crippen molar-refractivity contribution in [2.45, 2.75) is 52.4 Å². The molecule has 1 atom stereocenters. The molecular weight excluding hydrogens is 227 g/mol. The Balaban J connectivity index is 2.80. The van der Waals surface area contributed by atoms with E-state index in [-0.39, 0.29) is 11.7 Å². The fourth-order valence-electron chi connectivity index (χ4n) is 2.24. The lowest BCUT2D eigenvalue weighted by atomic mass is 9.87. The van der Waals surface area contributed by atoms with Gasteiger partial charge in [0, 0.05) is 12.8 Å². The molecule has 0 aliphatic heterocycles. The number of hydrogen-bond donors (Lipinski definition) is 0. The molecule has 0 saturated carbocycles. The van der Waals surface area contributed by atoms with Gasteiger partial charge >= 0.3 is 0 Å². The standard InChI is InChI=1S/C16H23FO/c1-3-7-14(12-16(18)4-2)13-8-5-6-9-15(17)11-10-13/h8-11,14H,3-7,12H2,1-2H3/b11-10-,13-8+,15-9?. The summed E-state index contributed by atoms with van der Waals surface area (Å²) in [6.07, 6.45) is 11.9. The molecule has 1 rings (SSSR count). The molecule has 0 amide bonds. The second kappa shape index (κ2) is 8.02. The molecule has 18 heavy (non-hydrogen) atoms. The number of hydrogen-bond acceptors (Lipinski definition) is 1. The van der Waals surface area contributed by atoms with Crippen molar-refractivity contribution in [2.24, 2.45) is 5.92 Å². The Bertz CT molecular complexity index is 363. The minimum atomic E-state index is -0.169. The molecule has 0 radical (unpaired) electrons. The lowest BCUT2D eigenvalue weighted by molar-refractivity contribution is -0.119. The normalized spacial score (nSPS) is 22.2. The maximum absolute atomic E-state index is 13.3. The number of rotatable bonds is 6. The molecule has 0 N–H and O–H groups in total. The predicted octanol–water partition coefficient (Wildman–Crippen LogP) is 4.90. The highest BCUT2D eigenvalue weighted by Crippen LogP contribution is 2.26. The van der Waals surface area contributed by atoms with Crippen LogP contribution in [0.1, 0.15) is 52.4 Å². The molecular formula is C16H23FO. The van der Waals surface area contributed by atoms with Crippen molar-refractivity contribution in [1.29, 1.82) is 0 Å². The average Bonchev–Trinajstić information content (AvgIpc) is 2.34. The van der Waals surface area contributed by atoms with E-state index in [1.807, 2.05) is 13.0 Å². The van der Waals surface area contributed by atoms with Crippen LogP contribution < -0.4 is 0 Å². The van der Waals surface area contributed by atoms with Crippen molar-refractivity contribution >= 4 is 5.78 Å². The van der Waals surface area contributed by atoms with Gasteiger partial charge in [-0.3, -0.25) is 4.79 Å². The van der Waals surface area contributed by atoms with Crippen LogP contribution in [0, 0.1) is 5.92 Å². The molecule has 1 aliphatic carbocycles. The first-order chi connectivity index (χ1) is 8.67. The third-order valence-corrected chi connectivity index (χ3v) is 3.30. The highest BCUT2D eigenvalue weighted by molar-refractivity contribution is 5.78. The molecule has 1 aliphatic rings. The summed E-state index contributed by atoms with van der Waals surface area (Å²) >= 11 is 0. The van der Waals surface area contributed by atoms with Crippen molar-refractivity contribution < 1.29 is 9.18 Å². The minimum Gasteiger partial charge on any atom is -0.300 e. The van der Waals surface area contributed by atoms with Crippen LogP contribution in [-0.4, -0.2) is 5.78 Å². The van der Waals surface area contributed by atoms with Crippen LogP contribution >= 0.6 is 0 Å². The van der Waals surface area contributed by atoms with Crippen LogP contribution in [0.25, 0.3) is 0 Å². The highest BCUT2D eigenvalue weighted by Gasteiger charge is 2.15. The Hall–Kier alpha value is -1.18. The van der Waals surface area contributed by atoms with E-state index in [1.54, 1.807) is 6.08 Å². The van der Waals surface area contributed by atoms with Crippen LogP contribution in [0.4, 0.5) is 4.39 Å². The van der Waals surface area contributed by atoms with Gasteiger partial charge in [-0.05, 0) is 42.9 Å². The summed E-state index contributed by atoms with van der Waals surface area (Å²) in [5.41, 5.74) is 1.13. The zero-order valence-corrected chi connectivity index (χ0v) is 11.4. The van der Waals surface area contributed by atoms with E-state index in [0.717, 1.165) is 31.3 Å². The third kappa shape index (κ3) is 4.99. The summed E-state index contributed by atoms with van der Waals surface area (Å²) in [5.74, 6) is 0.378. The van der Waals surface area contributed by atoms with Gasteiger partial charge in [-0.15, -0.1) is 0 Å². The van der Waals surface area contributed by atoms with E-state index >= 15 is 0 Å². The molecule has 0 aromatic carbocycles. The van der Waals surface area contributed by atoms with Gasteiger partial charge in [-0.1, -0.05) is 32.4 Å². The van der Waals surface area contributed by atoms with Gasteiger partial charge < -0.3 is 0 Å². The van der Waals surface area contributed by atoms with E-state index in [4.69, 9.17) is 0 Å². The van der Waals surface area contributed by atoms with Gasteiger partial charge in [0.05, 0.1) is 0 Å². The number of halogens is 1. The van der Waals surface area contributed by atoms with Crippen molar-refractivity contribution in [1.82, 2.24) is 0 Å². The van der Waals surface area contributed by atoms with E-state index in [0.29, 0.717) is 18.6 Å². The first kappa shape index (κ1) is 14.9. The van der Waals surface area contributed by atoms with E-state index in [1.165, 1.54) is 6.08 Å². The number of allylic oxidation sites excluding steroid dienone is 6. The maximum atomic E-state index is 13.3. The summed E-state index contributed by atoms with van der Waals surface area (Å²) in [6.45, 7) is 4.02. The smallest absolute Gasteiger partial charge is 0.133 e. The number of Topliss-reactive ketones (excluding diaryl/α,β-unsaturated/α-hetero) is 1. The Morgan fingerprint density at radius 2 is 2.00 bits per heavy atom. The molecule has 100 valence electrons. The van der Waals surface area contributed by atoms with Crippen molar-refractivity contribution in [3.63, 3.8) is 0 Å². The van der Waals surface area contributed by atoms with Crippen LogP contribution in [0.15, 0.2) is 35.7 Å². The number of ketones is 1. The second-order valence-corrected chi connectivity index (χ2v) is 4.79. The molecule has 0 bridgehead atoms. The second-order valence-electron chi connectivity index (χ2n) is 4.79. The Morgan fingerprint density at radius 1 is 1.28 bits per heavy atom. The molecule has 0 fully saturated rings. The molecule has 1 unspecified atom stereocenters. The topological polar surface area (TPSA) is 17.1 Å². The molecule has 0 aromatic rings. The summed E-state index contributed by atoms with van der Waals surface area (Å²) in [4.78, 5) is 11.6. The van der Waals surface area contributed by atoms with Gasteiger partial charge in [0.1, 0.15) is 11.6 Å². The van der Waals surface area contributed by atoms with Gasteiger partial charge in [-0.2, -0.15) is 0 Å². The fraction of sp³-hybridized carbons (Fsp3) is 0.562. The van der Waals surface area contributed by atoms with Crippen LogP contribution in [-0.2, 0) is 4.79 Å². The van der Waals surface area contributed by atoms with E-state index in [2.05, 4.69) is 13.0 Å². The molecule has 1 nitrogen and oxygen atoms in total. The fourth-order valence-corrected chi connectivity index (χ4v) is 2.24. The highest BCUT2D eigenvalue weighted by atomic mass is 19.1. The molecule has 0 aromatic heterocycles. The van der Waals surface area contributed by atoms with Crippen molar-refractivity contribution in [3.05, 3.63) is 35.7 Å². The summed E-state index contributed by atoms with van der Waals surface area (Å²) in [7, 11) is 0. The molecule has 0 heterocycles. The molecule has 0 spiro atoms. The van der Waals surface area contributed by atoms with Crippen LogP contribution in [0.5, 0.6) is 0 Å². The number of carbonyl (C=O) groups is 1. The summed E-state index contributed by atoms with van der Waals surface area (Å²) in [5, 5.41) is 0. The SMILES string of the molecule is CCCC(CC(=O)CC)C1=C/CCC=C(F)/C=C\1. The first-order valence-electron chi connectivity index (χ1n) is 6.92. The molecule has 0 saturated heterocycles. The Morgan fingerprint density at radius 3 is 2.67 bits per heavy atom. The minimum absolute atomic E-state index is 0.169. The zero-order chi connectivity index (χ0) is 13.4.